The first-order valence-corrected chi connectivity index (χ1v) is 7.72. The van der Waals surface area contributed by atoms with Crippen molar-refractivity contribution in [3.63, 3.8) is 0 Å². The normalized spacial score (nSPS) is 17.9. The first-order chi connectivity index (χ1) is 11.7. The van der Waals surface area contributed by atoms with E-state index in [1.807, 2.05) is 42.5 Å². The number of hydrogen-bond donors (Lipinski definition) is 1. The summed E-state index contributed by atoms with van der Waals surface area (Å²) in [6.45, 7) is 0.312. The van der Waals surface area contributed by atoms with Gasteiger partial charge < -0.3 is 10.1 Å². The van der Waals surface area contributed by atoms with Gasteiger partial charge >= 0.3 is 6.09 Å². The van der Waals surface area contributed by atoms with Gasteiger partial charge in [0.1, 0.15) is 5.75 Å². The topological polar surface area (TPSA) is 55.4 Å². The van der Waals surface area contributed by atoms with Crippen LogP contribution in [0.15, 0.2) is 78.4 Å². The minimum absolute atomic E-state index is 0.0259. The second-order valence-electron chi connectivity index (χ2n) is 5.42. The zero-order chi connectivity index (χ0) is 16.8. The summed E-state index contributed by atoms with van der Waals surface area (Å²) in [6, 6.07) is 18.5. The van der Waals surface area contributed by atoms with Crippen LogP contribution in [0.4, 0.5) is 4.79 Å². The third-order valence-corrected chi connectivity index (χ3v) is 3.71. The van der Waals surface area contributed by atoms with Crippen LogP contribution in [0.1, 0.15) is 5.56 Å². The fraction of sp³-hybridized carbons (Fsp3) is 0.100. The minimum Gasteiger partial charge on any atom is -0.410 e. The van der Waals surface area contributed by atoms with E-state index in [4.69, 9.17) is 4.74 Å². The van der Waals surface area contributed by atoms with Gasteiger partial charge in [0, 0.05) is 18.0 Å². The van der Waals surface area contributed by atoms with E-state index < -0.39 is 6.09 Å². The Morgan fingerprint density at radius 3 is 2.42 bits per heavy atom. The molecule has 4 heteroatoms. The Bertz CT molecular complexity index is 779. The van der Waals surface area contributed by atoms with E-state index in [1.165, 1.54) is 0 Å². The largest absolute Gasteiger partial charge is 0.412 e. The SMILES string of the molecule is O=C(NCC1C=CC(=O)/C1=C/c1ccccc1)Oc1ccccc1. The highest BCUT2D eigenvalue weighted by Crippen LogP contribution is 2.23. The fourth-order valence-electron chi connectivity index (χ4n) is 2.50. The second-order valence-corrected chi connectivity index (χ2v) is 5.42. The molecule has 1 atom stereocenters. The van der Waals surface area contributed by atoms with Crippen LogP contribution in [-0.4, -0.2) is 18.4 Å². The van der Waals surface area contributed by atoms with Crippen LogP contribution < -0.4 is 10.1 Å². The molecule has 0 radical (unpaired) electrons. The van der Waals surface area contributed by atoms with Crippen LogP contribution in [0.3, 0.4) is 0 Å². The molecule has 1 aliphatic carbocycles. The third kappa shape index (κ3) is 3.98. The van der Waals surface area contributed by atoms with Crippen LogP contribution in [-0.2, 0) is 4.79 Å². The number of ether oxygens (including phenoxy) is 1. The summed E-state index contributed by atoms with van der Waals surface area (Å²) in [4.78, 5) is 23.9. The number of hydrogen-bond acceptors (Lipinski definition) is 3. The first-order valence-electron chi connectivity index (χ1n) is 7.72. The molecule has 1 amide bonds. The predicted octanol–water partition coefficient (Wildman–Crippen LogP) is 3.61. The molecule has 0 bridgehead atoms. The van der Waals surface area contributed by atoms with Gasteiger partial charge in [-0.05, 0) is 29.8 Å². The van der Waals surface area contributed by atoms with Gasteiger partial charge in [-0.2, -0.15) is 0 Å². The molecule has 3 rings (SSSR count). The number of benzene rings is 2. The number of para-hydroxylation sites is 1. The standard InChI is InChI=1S/C20H17NO3/c22-19-12-11-16(18(19)13-15-7-3-1-4-8-15)14-21-20(23)24-17-9-5-2-6-10-17/h1-13,16H,14H2,(H,21,23)/b18-13+. The summed E-state index contributed by atoms with van der Waals surface area (Å²) in [5.74, 6) is 0.302. The van der Waals surface area contributed by atoms with E-state index in [0.29, 0.717) is 17.9 Å². The zero-order valence-electron chi connectivity index (χ0n) is 13.0. The summed E-state index contributed by atoms with van der Waals surface area (Å²) < 4.78 is 5.18. The quantitative estimate of drug-likeness (QED) is 0.876. The van der Waals surface area contributed by atoms with E-state index in [-0.39, 0.29) is 11.7 Å². The van der Waals surface area contributed by atoms with Gasteiger partial charge in [0.15, 0.2) is 5.78 Å². The van der Waals surface area contributed by atoms with E-state index in [1.54, 1.807) is 36.4 Å². The van der Waals surface area contributed by atoms with E-state index in [0.717, 1.165) is 5.56 Å². The van der Waals surface area contributed by atoms with Crippen LogP contribution in [0.2, 0.25) is 0 Å². The van der Waals surface area contributed by atoms with Crippen LogP contribution in [0.5, 0.6) is 5.75 Å². The Balaban J connectivity index is 1.61. The number of carbonyl (C=O) groups is 2. The van der Waals surface area contributed by atoms with Gasteiger partial charge in [0.2, 0.25) is 0 Å². The van der Waals surface area contributed by atoms with E-state index in [9.17, 15) is 9.59 Å². The van der Waals surface area contributed by atoms with Crippen molar-refractivity contribution >= 4 is 18.0 Å². The van der Waals surface area contributed by atoms with E-state index >= 15 is 0 Å². The summed E-state index contributed by atoms with van der Waals surface area (Å²) in [5, 5.41) is 2.70. The van der Waals surface area contributed by atoms with E-state index in [2.05, 4.69) is 5.32 Å². The Hall–Kier alpha value is -3.14. The molecule has 1 N–H and O–H groups in total. The Labute approximate surface area is 140 Å². The maximum absolute atomic E-state index is 12.0. The number of amides is 1. The predicted molar refractivity (Wildman–Crippen MR) is 92.5 cm³/mol. The number of ketones is 1. The highest BCUT2D eigenvalue weighted by Gasteiger charge is 2.23. The molecular weight excluding hydrogens is 302 g/mol. The molecule has 0 aliphatic heterocycles. The summed E-state index contributed by atoms with van der Waals surface area (Å²) in [5.41, 5.74) is 1.63. The van der Waals surface area contributed by atoms with Crippen LogP contribution >= 0.6 is 0 Å². The monoisotopic (exact) mass is 319 g/mol. The highest BCUT2D eigenvalue weighted by molar-refractivity contribution is 6.10. The molecule has 120 valence electrons. The molecule has 0 saturated heterocycles. The van der Waals surface area contributed by atoms with Crippen LogP contribution in [0.25, 0.3) is 6.08 Å². The Morgan fingerprint density at radius 2 is 1.71 bits per heavy atom. The molecule has 0 spiro atoms. The zero-order valence-corrected chi connectivity index (χ0v) is 13.0. The van der Waals surface area contributed by atoms with Crippen molar-refractivity contribution in [3.8, 4) is 5.75 Å². The summed E-state index contributed by atoms with van der Waals surface area (Å²) in [7, 11) is 0. The minimum atomic E-state index is -0.534. The van der Waals surface area contributed by atoms with Gasteiger partial charge in [-0.1, -0.05) is 54.6 Å². The molecule has 2 aromatic rings. The van der Waals surface area contributed by atoms with Gasteiger partial charge in [0.25, 0.3) is 0 Å². The molecule has 0 fully saturated rings. The van der Waals surface area contributed by atoms with Gasteiger partial charge in [-0.15, -0.1) is 0 Å². The first kappa shape index (κ1) is 15.7. The molecule has 1 aliphatic rings. The molecule has 4 nitrogen and oxygen atoms in total. The summed E-state index contributed by atoms with van der Waals surface area (Å²) in [6.07, 6.45) is 4.67. The van der Waals surface area contributed by atoms with Crippen molar-refractivity contribution in [2.45, 2.75) is 0 Å². The third-order valence-electron chi connectivity index (χ3n) is 3.71. The second kappa shape index (κ2) is 7.42. The maximum Gasteiger partial charge on any atom is 0.412 e. The lowest BCUT2D eigenvalue weighted by Gasteiger charge is -2.12. The Kier molecular flexibility index (Phi) is 4.87. The molecule has 1 unspecified atom stereocenters. The molecular formula is C20H17NO3. The van der Waals surface area contributed by atoms with Crippen molar-refractivity contribution in [2.24, 2.45) is 5.92 Å². The number of allylic oxidation sites excluding steroid dienone is 1. The summed E-state index contributed by atoms with van der Waals surface area (Å²) >= 11 is 0. The number of carbonyl (C=O) groups excluding carboxylic acids is 2. The van der Waals surface area contributed by atoms with Crippen molar-refractivity contribution in [2.75, 3.05) is 6.54 Å². The van der Waals surface area contributed by atoms with Crippen molar-refractivity contribution in [3.05, 3.63) is 84.0 Å². The molecule has 0 saturated carbocycles. The number of nitrogens with one attached hydrogen (secondary N) is 1. The van der Waals surface area contributed by atoms with Crippen molar-refractivity contribution in [1.29, 1.82) is 0 Å². The average Bonchev–Trinajstić information content (AvgIpc) is 2.95. The Morgan fingerprint density at radius 1 is 1.04 bits per heavy atom. The lowest BCUT2D eigenvalue weighted by atomic mass is 9.99. The lowest BCUT2D eigenvalue weighted by Crippen LogP contribution is -2.31. The van der Waals surface area contributed by atoms with Crippen molar-refractivity contribution < 1.29 is 14.3 Å². The molecule has 2 aromatic carbocycles. The molecule has 0 aromatic heterocycles. The van der Waals surface area contributed by atoms with Crippen molar-refractivity contribution in [1.82, 2.24) is 5.32 Å². The van der Waals surface area contributed by atoms with Gasteiger partial charge in [-0.3, -0.25) is 4.79 Å². The highest BCUT2D eigenvalue weighted by atomic mass is 16.6. The molecule has 24 heavy (non-hydrogen) atoms. The lowest BCUT2D eigenvalue weighted by molar-refractivity contribution is -0.111. The molecule has 0 heterocycles. The van der Waals surface area contributed by atoms with Gasteiger partial charge in [-0.25, -0.2) is 4.79 Å². The fourth-order valence-corrected chi connectivity index (χ4v) is 2.50. The average molecular weight is 319 g/mol. The maximum atomic E-state index is 12.0. The number of rotatable bonds is 4. The van der Waals surface area contributed by atoms with Gasteiger partial charge in [0.05, 0.1) is 0 Å². The smallest absolute Gasteiger partial charge is 0.410 e. The van der Waals surface area contributed by atoms with Crippen LogP contribution in [0, 0.1) is 5.92 Å².